The molecule has 48 heavy (non-hydrogen) atoms. The van der Waals surface area contributed by atoms with E-state index in [-0.39, 0.29) is 19.9 Å². The van der Waals surface area contributed by atoms with Crippen LogP contribution in [0.3, 0.4) is 0 Å². The van der Waals surface area contributed by atoms with E-state index in [1.165, 1.54) is 6.33 Å². The third-order valence-electron chi connectivity index (χ3n) is 8.12. The number of hydrogen-bond donors (Lipinski definition) is 1. The Labute approximate surface area is 277 Å². The fourth-order valence-electron chi connectivity index (χ4n) is 5.64. The van der Waals surface area contributed by atoms with E-state index in [9.17, 15) is 4.79 Å². The van der Waals surface area contributed by atoms with Crippen molar-refractivity contribution >= 4 is 28.5 Å². The number of aryl methyl sites for hydroxylation is 1. The third-order valence-corrected chi connectivity index (χ3v) is 8.12. The van der Waals surface area contributed by atoms with Crippen molar-refractivity contribution in [3.63, 3.8) is 0 Å². The van der Waals surface area contributed by atoms with E-state index >= 15 is 0 Å². The van der Waals surface area contributed by atoms with Crippen LogP contribution >= 0.6 is 0 Å². The highest BCUT2D eigenvalue weighted by Crippen LogP contribution is 2.51. The van der Waals surface area contributed by atoms with E-state index in [1.54, 1.807) is 18.2 Å². The number of nitrogens with one attached hydrogen (secondary N) is 1. The first-order valence-corrected chi connectivity index (χ1v) is 15.8. The lowest BCUT2D eigenvalue weighted by Gasteiger charge is -2.25. The summed E-state index contributed by atoms with van der Waals surface area (Å²) in [6.45, 7) is 3.16. The number of hydrogen-bond acceptors (Lipinski definition) is 11. The summed E-state index contributed by atoms with van der Waals surface area (Å²) in [5.41, 5.74) is 3.71. The summed E-state index contributed by atoms with van der Waals surface area (Å²) in [7, 11) is 1.60. The molecule has 7 rings (SSSR count). The van der Waals surface area contributed by atoms with Crippen molar-refractivity contribution < 1.29 is 33.2 Å². The number of benzene rings is 3. The largest absolute Gasteiger partial charge is 0.493 e. The van der Waals surface area contributed by atoms with Gasteiger partial charge in [0.25, 0.3) is 0 Å². The number of nitrogens with zero attached hydrogens (tertiary/aromatic N) is 4. The zero-order valence-corrected chi connectivity index (χ0v) is 26.7. The second kappa shape index (κ2) is 13.9. The molecule has 0 fully saturated rings. The summed E-state index contributed by atoms with van der Waals surface area (Å²) < 4.78 is 35.9. The lowest BCUT2D eigenvalue weighted by atomic mass is 10.1. The Morgan fingerprint density at radius 3 is 2.65 bits per heavy atom. The predicted octanol–water partition coefficient (Wildman–Crippen LogP) is 7.31. The monoisotopic (exact) mass is 649 g/mol. The Hall–Kier alpha value is -5.78. The molecule has 2 aromatic heterocycles. The van der Waals surface area contributed by atoms with Crippen LogP contribution in [-0.4, -0.2) is 53.0 Å². The Morgan fingerprint density at radius 2 is 1.81 bits per heavy atom. The standard InChI is InChI=1S/C36H35N5O7/c1-23-11-12-26(18-37-23)48-31-15-25-19-41(36(42)45-20-24-9-5-3-6-10-24)13-7-4-8-14-44-30-16-27-28(17-29(30)43-2)38-21-39-35(27)40-32(25)34-33(31)46-22-47-34/h3,5-6,9-12,15-18,21H,4,7-8,13-14,19-20,22H2,1-2H3,(H,38,39,40). The van der Waals surface area contributed by atoms with Crippen LogP contribution in [0.5, 0.6) is 34.5 Å². The fourth-order valence-corrected chi connectivity index (χ4v) is 5.64. The average molecular weight is 650 g/mol. The van der Waals surface area contributed by atoms with E-state index in [0.717, 1.165) is 30.5 Å². The van der Waals surface area contributed by atoms with Gasteiger partial charge in [-0.3, -0.25) is 4.98 Å². The number of pyridine rings is 1. The van der Waals surface area contributed by atoms with Crippen LogP contribution in [0.15, 0.2) is 73.2 Å². The van der Waals surface area contributed by atoms with Crippen molar-refractivity contribution in [1.29, 1.82) is 0 Å². The quantitative estimate of drug-likeness (QED) is 0.206. The molecule has 4 heterocycles. The number of carbonyl (C=O) groups excluding carboxylic acids is 1. The second-order valence-electron chi connectivity index (χ2n) is 11.4. The summed E-state index contributed by atoms with van der Waals surface area (Å²) in [4.78, 5) is 28.8. The van der Waals surface area contributed by atoms with Gasteiger partial charge in [0.2, 0.25) is 12.5 Å². The molecule has 0 saturated carbocycles. The number of methoxy groups -OCH3 is 1. The third kappa shape index (κ3) is 6.68. The summed E-state index contributed by atoms with van der Waals surface area (Å²) in [6, 6.07) is 18.9. The molecule has 0 atom stereocenters. The van der Waals surface area contributed by atoms with Crippen molar-refractivity contribution in [2.24, 2.45) is 0 Å². The van der Waals surface area contributed by atoms with Crippen LogP contribution in [0.4, 0.5) is 16.3 Å². The maximum absolute atomic E-state index is 13.7. The van der Waals surface area contributed by atoms with Crippen LogP contribution in [0.25, 0.3) is 10.9 Å². The van der Waals surface area contributed by atoms with E-state index in [0.29, 0.717) is 75.6 Å². The van der Waals surface area contributed by atoms with E-state index in [2.05, 4.69) is 20.3 Å². The summed E-state index contributed by atoms with van der Waals surface area (Å²) in [6.07, 6.45) is 5.03. The molecule has 1 amide bonds. The molecule has 2 aliphatic rings. The van der Waals surface area contributed by atoms with Crippen molar-refractivity contribution in [2.45, 2.75) is 39.3 Å². The van der Waals surface area contributed by atoms with Gasteiger partial charge in [0.1, 0.15) is 24.5 Å². The molecular weight excluding hydrogens is 614 g/mol. The molecule has 5 aromatic rings. The van der Waals surface area contributed by atoms with Crippen LogP contribution in [0, 0.1) is 6.92 Å². The second-order valence-corrected chi connectivity index (χ2v) is 11.4. The first kappa shape index (κ1) is 30.9. The van der Waals surface area contributed by atoms with Gasteiger partial charge in [0.15, 0.2) is 23.0 Å². The number of carbonyl (C=O) groups is 1. The Balaban J connectivity index is 1.32. The Bertz CT molecular complexity index is 1920. The maximum atomic E-state index is 13.7. The normalized spacial score (nSPS) is 14.2. The van der Waals surface area contributed by atoms with E-state index in [4.69, 9.17) is 28.4 Å². The number of ether oxygens (including phenoxy) is 6. The van der Waals surface area contributed by atoms with Crippen molar-refractivity contribution in [2.75, 3.05) is 32.4 Å². The highest BCUT2D eigenvalue weighted by Gasteiger charge is 2.30. The minimum absolute atomic E-state index is 0.0154. The molecule has 2 aliphatic heterocycles. The van der Waals surface area contributed by atoms with Crippen molar-refractivity contribution in [1.82, 2.24) is 19.9 Å². The Kier molecular flexibility index (Phi) is 8.94. The van der Waals surface area contributed by atoms with Gasteiger partial charge in [-0.1, -0.05) is 30.3 Å². The van der Waals surface area contributed by atoms with Gasteiger partial charge < -0.3 is 38.6 Å². The highest BCUT2D eigenvalue weighted by molar-refractivity contribution is 5.94. The van der Waals surface area contributed by atoms with Gasteiger partial charge in [0, 0.05) is 29.3 Å². The molecule has 2 bridgehead atoms. The number of rotatable bonds is 5. The molecule has 1 N–H and O–H groups in total. The zero-order chi connectivity index (χ0) is 32.9. The van der Waals surface area contributed by atoms with Crippen molar-refractivity contribution in [3.05, 3.63) is 90.0 Å². The van der Waals surface area contributed by atoms with Crippen LogP contribution in [0.1, 0.15) is 36.1 Å². The smallest absolute Gasteiger partial charge is 0.410 e. The number of anilines is 2. The molecule has 0 saturated heterocycles. The van der Waals surface area contributed by atoms with Gasteiger partial charge in [-0.15, -0.1) is 0 Å². The topological polar surface area (TPSA) is 126 Å². The van der Waals surface area contributed by atoms with Gasteiger partial charge in [-0.25, -0.2) is 14.8 Å². The average Bonchev–Trinajstić information content (AvgIpc) is 3.61. The molecule has 246 valence electrons. The molecule has 0 aliphatic carbocycles. The summed E-state index contributed by atoms with van der Waals surface area (Å²) in [5.74, 6) is 3.49. The molecule has 0 radical (unpaired) electrons. The first-order chi connectivity index (χ1) is 23.6. The zero-order valence-electron chi connectivity index (χ0n) is 26.7. The first-order valence-electron chi connectivity index (χ1n) is 15.8. The molecule has 12 heteroatoms. The predicted molar refractivity (Wildman–Crippen MR) is 177 cm³/mol. The lowest BCUT2D eigenvalue weighted by molar-refractivity contribution is 0.0928. The summed E-state index contributed by atoms with van der Waals surface area (Å²) in [5, 5.41) is 4.20. The lowest BCUT2D eigenvalue weighted by Crippen LogP contribution is -2.32. The van der Waals surface area contributed by atoms with Gasteiger partial charge in [-0.2, -0.15) is 0 Å². The van der Waals surface area contributed by atoms with Crippen molar-refractivity contribution in [3.8, 4) is 34.5 Å². The fraction of sp³-hybridized carbons (Fsp3) is 0.278. The Morgan fingerprint density at radius 1 is 0.938 bits per heavy atom. The molecule has 0 spiro atoms. The number of fused-ring (bicyclic) bond motifs is 4. The minimum atomic E-state index is -0.436. The van der Waals surface area contributed by atoms with E-state index in [1.807, 2.05) is 67.6 Å². The van der Waals surface area contributed by atoms with Gasteiger partial charge in [0.05, 0.1) is 37.7 Å². The van der Waals surface area contributed by atoms with Gasteiger partial charge >= 0.3 is 6.09 Å². The van der Waals surface area contributed by atoms with Gasteiger partial charge in [-0.05, 0) is 56.0 Å². The van der Waals surface area contributed by atoms with Crippen LogP contribution < -0.4 is 29.0 Å². The van der Waals surface area contributed by atoms with Crippen LogP contribution in [0.2, 0.25) is 0 Å². The van der Waals surface area contributed by atoms with Crippen LogP contribution in [-0.2, 0) is 17.9 Å². The molecule has 3 aromatic carbocycles. The molecule has 12 nitrogen and oxygen atoms in total. The van der Waals surface area contributed by atoms with E-state index < -0.39 is 6.09 Å². The SMILES string of the molecule is COc1cc2ncnc3c2cc1OCCCCCN(C(=O)OCc1ccccc1)Cc1cc(Oc2ccc(C)nc2)c2c(c1N3)OCO2. The molecule has 0 unspecified atom stereocenters. The summed E-state index contributed by atoms with van der Waals surface area (Å²) >= 11 is 0. The maximum Gasteiger partial charge on any atom is 0.410 e. The number of aromatic nitrogens is 3. The number of amides is 1. The minimum Gasteiger partial charge on any atom is -0.493 e. The highest BCUT2D eigenvalue weighted by atomic mass is 16.7. The molecular formula is C36H35N5O7.